The monoisotopic (exact) mass is 576 g/mol. The molecule has 164 valence electrons. The molecule has 0 aliphatic carbocycles. The molecular weight excluding hydrogens is 559 g/mol. The summed E-state index contributed by atoms with van der Waals surface area (Å²) in [6, 6.07) is 35.8. The van der Waals surface area contributed by atoms with Crippen molar-refractivity contribution in [3.05, 3.63) is 117 Å². The number of furan rings is 1. The van der Waals surface area contributed by atoms with Crippen LogP contribution in [0, 0.1) is 3.57 Å². The van der Waals surface area contributed by atoms with Gasteiger partial charge in [-0.1, -0.05) is 0 Å². The minimum absolute atomic E-state index is 0.982. The molecule has 0 atom stereocenters. The molecule has 35 heavy (non-hydrogen) atoms. The fourth-order valence-electron chi connectivity index (χ4n) is 5.82. The first-order valence-electron chi connectivity index (χ1n) is 11.7. The van der Waals surface area contributed by atoms with Crippen LogP contribution in [-0.4, -0.2) is 0 Å². The second kappa shape index (κ2) is 6.62. The normalized spacial score (nSPS) is 14.9. The number of thiophene rings is 1. The van der Waals surface area contributed by atoms with Crippen LogP contribution in [0.1, 0.15) is 5.56 Å². The zero-order valence-electron chi connectivity index (χ0n) is 18.5. The van der Waals surface area contributed by atoms with Crippen LogP contribution in [0.15, 0.2) is 101 Å². The Hall–Kier alpha value is -3.41. The van der Waals surface area contributed by atoms with Crippen molar-refractivity contribution < 1.29 is 4.42 Å². The molecule has 0 saturated heterocycles. The molecule has 2 aromatic heterocycles. The van der Waals surface area contributed by atoms with Crippen molar-refractivity contribution in [2.45, 2.75) is 0 Å². The van der Waals surface area contributed by atoms with Gasteiger partial charge in [-0.05, 0) is 0 Å². The van der Waals surface area contributed by atoms with Gasteiger partial charge in [0.1, 0.15) is 0 Å². The average molecular weight is 576 g/mol. The molecule has 0 spiro atoms. The Morgan fingerprint density at radius 1 is 0.600 bits per heavy atom. The Kier molecular flexibility index (Phi) is 3.57. The summed E-state index contributed by atoms with van der Waals surface area (Å²) in [6.07, 6.45) is 0. The summed E-state index contributed by atoms with van der Waals surface area (Å²) < 4.78 is 15.0. The third-order valence-electron chi connectivity index (χ3n) is 7.36. The van der Waals surface area contributed by atoms with Crippen LogP contribution >= 0.6 is 31.2 Å². The number of hydrogen-bond donors (Lipinski definition) is 0. The Balaban J connectivity index is 1.50. The molecule has 0 N–H and O–H groups in total. The van der Waals surface area contributed by atoms with E-state index in [-0.39, 0.29) is 0 Å². The SMILES string of the molecule is C1=c2ccccc2=C2c3cc4c(cc3-c3ccc5c(oc6ccccc65)c3I12)sc1ccccc14. The molecule has 2 aliphatic heterocycles. The molecule has 0 radical (unpaired) electrons. The van der Waals surface area contributed by atoms with E-state index < -0.39 is 19.8 Å². The molecule has 0 amide bonds. The minimum atomic E-state index is -1.87. The van der Waals surface area contributed by atoms with Crippen molar-refractivity contribution in [2.75, 3.05) is 0 Å². The van der Waals surface area contributed by atoms with E-state index in [1.807, 2.05) is 11.3 Å². The first kappa shape index (κ1) is 18.9. The molecule has 4 heterocycles. The van der Waals surface area contributed by atoms with E-state index in [9.17, 15) is 0 Å². The molecule has 1 nitrogen and oxygen atoms in total. The topological polar surface area (TPSA) is 13.1 Å². The third-order valence-corrected chi connectivity index (χ3v) is 14.3. The van der Waals surface area contributed by atoms with Crippen molar-refractivity contribution in [1.29, 1.82) is 0 Å². The standard InChI is InChI=1S/C32H17IOS/c1-2-8-19-18(7-1)17-33-30(19)26-15-25-21-10-4-6-12-28(21)35-29(25)16-24(26)22-13-14-23-20-9-3-5-11-27(20)34-32(23)31(22)33/h1-17H. The van der Waals surface area contributed by atoms with Gasteiger partial charge in [0.2, 0.25) is 0 Å². The van der Waals surface area contributed by atoms with Crippen LogP contribution in [0.3, 0.4) is 0 Å². The van der Waals surface area contributed by atoms with Crippen LogP contribution < -0.4 is 10.4 Å². The predicted octanol–water partition coefficient (Wildman–Crippen LogP) is 8.22. The maximum atomic E-state index is 6.62. The van der Waals surface area contributed by atoms with E-state index in [0.717, 1.165) is 11.2 Å². The van der Waals surface area contributed by atoms with E-state index in [0.29, 0.717) is 0 Å². The summed E-state index contributed by atoms with van der Waals surface area (Å²) in [5.74, 6) is 0. The van der Waals surface area contributed by atoms with Gasteiger partial charge in [-0.3, -0.25) is 0 Å². The van der Waals surface area contributed by atoms with Crippen molar-refractivity contribution in [3.63, 3.8) is 0 Å². The molecular formula is C32H17IOS. The van der Waals surface area contributed by atoms with Crippen molar-refractivity contribution >= 4 is 80.9 Å². The van der Waals surface area contributed by atoms with Crippen LogP contribution in [0.4, 0.5) is 0 Å². The Morgan fingerprint density at radius 3 is 2.40 bits per heavy atom. The summed E-state index contributed by atoms with van der Waals surface area (Å²) in [7, 11) is 0. The molecule has 5 aromatic carbocycles. The van der Waals surface area contributed by atoms with Gasteiger partial charge in [-0.2, -0.15) is 0 Å². The number of fused-ring (bicyclic) bond motifs is 14. The van der Waals surface area contributed by atoms with Gasteiger partial charge in [-0.15, -0.1) is 0 Å². The second-order valence-corrected chi connectivity index (χ2v) is 14.9. The van der Waals surface area contributed by atoms with Gasteiger partial charge in [0.05, 0.1) is 0 Å². The van der Waals surface area contributed by atoms with E-state index >= 15 is 0 Å². The molecule has 0 bridgehead atoms. The van der Waals surface area contributed by atoms with Crippen LogP contribution in [0.5, 0.6) is 0 Å². The molecule has 7 aromatic rings. The van der Waals surface area contributed by atoms with E-state index in [2.05, 4.69) is 101 Å². The fraction of sp³-hybridized carbons (Fsp3) is 0. The molecule has 0 unspecified atom stereocenters. The second-order valence-electron chi connectivity index (χ2n) is 9.22. The first-order valence-corrected chi connectivity index (χ1v) is 16.0. The van der Waals surface area contributed by atoms with E-state index in [4.69, 9.17) is 4.42 Å². The summed E-state index contributed by atoms with van der Waals surface area (Å²) in [5.41, 5.74) is 6.22. The molecule has 3 heteroatoms. The van der Waals surface area contributed by atoms with E-state index in [1.54, 1.807) is 3.58 Å². The van der Waals surface area contributed by atoms with Crippen LogP contribution in [0.25, 0.3) is 60.9 Å². The van der Waals surface area contributed by atoms with Gasteiger partial charge in [-0.25, -0.2) is 0 Å². The summed E-state index contributed by atoms with van der Waals surface area (Å²) >= 11 is 0.0263. The van der Waals surface area contributed by atoms with Crippen molar-refractivity contribution in [1.82, 2.24) is 0 Å². The molecule has 0 saturated carbocycles. The third kappa shape index (κ3) is 2.38. The predicted molar refractivity (Wildman–Crippen MR) is 157 cm³/mol. The van der Waals surface area contributed by atoms with Crippen LogP contribution in [-0.2, 0) is 0 Å². The van der Waals surface area contributed by atoms with Crippen molar-refractivity contribution in [3.8, 4) is 11.1 Å². The molecule has 0 fully saturated rings. The quantitative estimate of drug-likeness (QED) is 0.166. The number of para-hydroxylation sites is 1. The first-order chi connectivity index (χ1) is 17.3. The summed E-state index contributed by atoms with van der Waals surface area (Å²) in [5, 5.41) is 8.00. The Morgan fingerprint density at radius 2 is 1.43 bits per heavy atom. The zero-order chi connectivity index (χ0) is 22.7. The number of benzene rings is 5. The maximum absolute atomic E-state index is 6.62. The van der Waals surface area contributed by atoms with Gasteiger partial charge in [0.15, 0.2) is 0 Å². The van der Waals surface area contributed by atoms with Gasteiger partial charge >= 0.3 is 213 Å². The Labute approximate surface area is 212 Å². The number of hydrogen-bond acceptors (Lipinski definition) is 2. The van der Waals surface area contributed by atoms with Crippen molar-refractivity contribution in [2.24, 2.45) is 0 Å². The summed E-state index contributed by atoms with van der Waals surface area (Å²) in [4.78, 5) is 0. The van der Waals surface area contributed by atoms with Gasteiger partial charge < -0.3 is 0 Å². The molecule has 9 rings (SSSR count). The zero-order valence-corrected chi connectivity index (χ0v) is 21.5. The average Bonchev–Trinajstić information content (AvgIpc) is 3.58. The van der Waals surface area contributed by atoms with Crippen LogP contribution in [0.2, 0.25) is 0 Å². The Bertz CT molecular complexity index is 2180. The summed E-state index contributed by atoms with van der Waals surface area (Å²) in [6.45, 7) is 0. The van der Waals surface area contributed by atoms with Gasteiger partial charge in [0, 0.05) is 0 Å². The molecule has 2 aliphatic rings. The number of halogens is 1. The number of rotatable bonds is 0. The fourth-order valence-corrected chi connectivity index (χ4v) is 13.5. The van der Waals surface area contributed by atoms with Gasteiger partial charge in [0.25, 0.3) is 0 Å². The van der Waals surface area contributed by atoms with E-state index in [1.165, 1.54) is 61.6 Å².